The van der Waals surface area contributed by atoms with Gasteiger partial charge in [-0.25, -0.2) is 9.98 Å². The van der Waals surface area contributed by atoms with Crippen molar-refractivity contribution in [3.63, 3.8) is 0 Å². The van der Waals surface area contributed by atoms with Crippen LogP contribution in [0, 0.1) is 0 Å². The molecule has 2 aliphatic rings. The van der Waals surface area contributed by atoms with Crippen molar-refractivity contribution in [1.29, 1.82) is 0 Å². The summed E-state index contributed by atoms with van der Waals surface area (Å²) >= 11 is 6.08. The van der Waals surface area contributed by atoms with Gasteiger partial charge in [-0.1, -0.05) is 11.6 Å². The van der Waals surface area contributed by atoms with Crippen LogP contribution in [0.2, 0.25) is 0 Å². The molecule has 0 aromatic carbocycles. The lowest BCUT2D eigenvalue weighted by molar-refractivity contribution is -0.105. The molecule has 0 aliphatic carbocycles. The molecule has 0 unspecified atom stereocenters. The van der Waals surface area contributed by atoms with Crippen molar-refractivity contribution in [1.82, 2.24) is 4.90 Å². The summed E-state index contributed by atoms with van der Waals surface area (Å²) in [6.45, 7) is 4.20. The second-order valence-corrected chi connectivity index (χ2v) is 3.80. The Morgan fingerprint density at radius 1 is 1.53 bits per heavy atom. The first-order valence-electron chi connectivity index (χ1n) is 4.55. The number of aliphatic imine (C=N–C) groups is 2. The molecule has 2 aliphatic heterocycles. The standard InChI is InChI=1S/C10H10ClN3O/c1-6-9(11)10-12-3-8(5-15)4-14(10)7(2)13-6/h3,5H,4H2,1-2H3. The molecule has 2 rings (SSSR count). The molecule has 0 bridgehead atoms. The molecule has 15 heavy (non-hydrogen) atoms. The SMILES string of the molecule is CC1=NC(C)=C(Cl)C2=NC=C(C=O)CN12. The van der Waals surface area contributed by atoms with Crippen molar-refractivity contribution in [2.24, 2.45) is 9.98 Å². The van der Waals surface area contributed by atoms with Crippen molar-refractivity contribution in [2.45, 2.75) is 13.8 Å². The summed E-state index contributed by atoms with van der Waals surface area (Å²) in [5, 5.41) is 0.543. The predicted molar refractivity (Wildman–Crippen MR) is 60.0 cm³/mol. The third-order valence-electron chi connectivity index (χ3n) is 2.33. The minimum absolute atomic E-state index is 0.487. The van der Waals surface area contributed by atoms with E-state index in [0.717, 1.165) is 17.8 Å². The second-order valence-electron chi connectivity index (χ2n) is 3.42. The molecule has 0 atom stereocenters. The number of hydrogen-bond acceptors (Lipinski definition) is 4. The molecule has 2 heterocycles. The molecule has 0 amide bonds. The third-order valence-corrected chi connectivity index (χ3v) is 2.78. The van der Waals surface area contributed by atoms with Gasteiger partial charge in [0.2, 0.25) is 0 Å². The highest BCUT2D eigenvalue weighted by Gasteiger charge is 2.26. The molecule has 0 N–H and O–H groups in total. The molecule has 78 valence electrons. The number of carbonyl (C=O) groups is 1. The smallest absolute Gasteiger partial charge is 0.154 e. The zero-order valence-corrected chi connectivity index (χ0v) is 9.25. The van der Waals surface area contributed by atoms with Gasteiger partial charge >= 0.3 is 0 Å². The van der Waals surface area contributed by atoms with Crippen LogP contribution in [0.25, 0.3) is 0 Å². The van der Waals surface area contributed by atoms with E-state index in [1.54, 1.807) is 6.20 Å². The number of halogens is 1. The number of hydrogen-bond donors (Lipinski definition) is 0. The van der Waals surface area contributed by atoms with E-state index in [2.05, 4.69) is 9.98 Å². The monoisotopic (exact) mass is 223 g/mol. The number of amidine groups is 2. The largest absolute Gasteiger partial charge is 0.309 e. The molecule has 0 radical (unpaired) electrons. The average Bonchev–Trinajstić information content (AvgIpc) is 2.25. The first-order valence-corrected chi connectivity index (χ1v) is 4.93. The van der Waals surface area contributed by atoms with E-state index < -0.39 is 0 Å². The van der Waals surface area contributed by atoms with Crippen molar-refractivity contribution >= 4 is 29.6 Å². The Bertz CT molecular complexity index is 446. The third kappa shape index (κ3) is 1.61. The first kappa shape index (κ1) is 10.1. The zero-order valence-electron chi connectivity index (χ0n) is 8.49. The van der Waals surface area contributed by atoms with Crippen LogP contribution in [0.3, 0.4) is 0 Å². The summed E-state index contributed by atoms with van der Waals surface area (Å²) in [7, 11) is 0. The molecule has 5 heteroatoms. The van der Waals surface area contributed by atoms with Crippen LogP contribution in [-0.4, -0.2) is 29.4 Å². The Morgan fingerprint density at radius 2 is 2.27 bits per heavy atom. The summed E-state index contributed by atoms with van der Waals surface area (Å²) in [4.78, 5) is 20.9. The van der Waals surface area contributed by atoms with Gasteiger partial charge in [-0.15, -0.1) is 0 Å². The van der Waals surface area contributed by atoms with E-state index in [0.29, 0.717) is 23.0 Å². The fourth-order valence-corrected chi connectivity index (χ4v) is 1.73. The molecular weight excluding hydrogens is 214 g/mol. The van der Waals surface area contributed by atoms with Crippen molar-refractivity contribution in [2.75, 3.05) is 6.54 Å². The van der Waals surface area contributed by atoms with Gasteiger partial charge in [-0.2, -0.15) is 0 Å². The number of nitrogens with zero attached hydrogens (tertiary/aromatic N) is 3. The fraction of sp³-hybridized carbons (Fsp3) is 0.300. The number of allylic oxidation sites excluding steroid dienone is 1. The maximum atomic E-state index is 10.6. The highest BCUT2D eigenvalue weighted by Crippen LogP contribution is 2.24. The van der Waals surface area contributed by atoms with Crippen LogP contribution < -0.4 is 0 Å². The van der Waals surface area contributed by atoms with E-state index >= 15 is 0 Å². The molecular formula is C10H10ClN3O. The van der Waals surface area contributed by atoms with Crippen LogP contribution in [-0.2, 0) is 4.79 Å². The second kappa shape index (κ2) is 3.62. The Hall–Kier alpha value is -1.42. The van der Waals surface area contributed by atoms with Crippen LogP contribution >= 0.6 is 11.6 Å². The van der Waals surface area contributed by atoms with E-state index in [1.807, 2.05) is 18.7 Å². The fourth-order valence-electron chi connectivity index (χ4n) is 1.54. The van der Waals surface area contributed by atoms with Gasteiger partial charge < -0.3 is 4.90 Å². The van der Waals surface area contributed by atoms with Crippen LogP contribution in [0.4, 0.5) is 0 Å². The molecule has 0 aromatic heterocycles. The zero-order chi connectivity index (χ0) is 11.0. The maximum absolute atomic E-state index is 10.6. The van der Waals surface area contributed by atoms with Gasteiger partial charge in [0.05, 0.1) is 12.2 Å². The Morgan fingerprint density at radius 3 is 2.93 bits per heavy atom. The van der Waals surface area contributed by atoms with Crippen molar-refractivity contribution < 1.29 is 4.79 Å². The number of aldehydes is 1. The van der Waals surface area contributed by atoms with Gasteiger partial charge in [-0.3, -0.25) is 4.79 Å². The lowest BCUT2D eigenvalue weighted by Crippen LogP contribution is -2.41. The summed E-state index contributed by atoms with van der Waals surface area (Å²) in [5.41, 5.74) is 1.38. The lowest BCUT2D eigenvalue weighted by atomic mass is 10.2. The highest BCUT2D eigenvalue weighted by atomic mass is 35.5. The molecule has 4 nitrogen and oxygen atoms in total. The molecule has 0 spiro atoms. The Labute approximate surface area is 92.6 Å². The van der Waals surface area contributed by atoms with E-state index in [4.69, 9.17) is 11.6 Å². The summed E-state index contributed by atoms with van der Waals surface area (Å²) < 4.78 is 0. The topological polar surface area (TPSA) is 45.0 Å². The van der Waals surface area contributed by atoms with Crippen LogP contribution in [0.1, 0.15) is 13.8 Å². The minimum Gasteiger partial charge on any atom is -0.309 e. The van der Waals surface area contributed by atoms with E-state index in [1.165, 1.54) is 0 Å². The number of carbonyl (C=O) groups excluding carboxylic acids is 1. The van der Waals surface area contributed by atoms with Gasteiger partial charge in [0.25, 0.3) is 0 Å². The summed E-state index contributed by atoms with van der Waals surface area (Å²) in [6, 6.07) is 0. The quantitative estimate of drug-likeness (QED) is 0.635. The summed E-state index contributed by atoms with van der Waals surface area (Å²) in [6.07, 6.45) is 2.35. The van der Waals surface area contributed by atoms with Crippen LogP contribution in [0.15, 0.2) is 32.5 Å². The lowest BCUT2D eigenvalue weighted by Gasteiger charge is -2.30. The van der Waals surface area contributed by atoms with Gasteiger partial charge in [0.1, 0.15) is 17.2 Å². The van der Waals surface area contributed by atoms with Gasteiger partial charge in [-0.05, 0) is 13.8 Å². The number of fused-ring (bicyclic) bond motifs is 1. The minimum atomic E-state index is 0.487. The Kier molecular flexibility index (Phi) is 2.44. The highest BCUT2D eigenvalue weighted by molar-refractivity contribution is 6.45. The predicted octanol–water partition coefficient (Wildman–Crippen LogP) is 1.69. The first-order chi connectivity index (χ1) is 7.13. The van der Waals surface area contributed by atoms with E-state index in [9.17, 15) is 4.79 Å². The van der Waals surface area contributed by atoms with E-state index in [-0.39, 0.29) is 0 Å². The molecule has 0 saturated heterocycles. The van der Waals surface area contributed by atoms with Gasteiger partial charge in [0.15, 0.2) is 5.84 Å². The van der Waals surface area contributed by atoms with Gasteiger partial charge in [0, 0.05) is 11.8 Å². The van der Waals surface area contributed by atoms with Crippen molar-refractivity contribution in [3.8, 4) is 0 Å². The number of rotatable bonds is 1. The average molecular weight is 224 g/mol. The van der Waals surface area contributed by atoms with Crippen LogP contribution in [0.5, 0.6) is 0 Å². The normalized spacial score (nSPS) is 20.5. The molecule has 0 aromatic rings. The Balaban J connectivity index is 2.48. The molecule has 0 fully saturated rings. The summed E-state index contributed by atoms with van der Waals surface area (Å²) in [5.74, 6) is 1.48. The molecule has 0 saturated carbocycles. The maximum Gasteiger partial charge on any atom is 0.154 e. The van der Waals surface area contributed by atoms with Crippen molar-refractivity contribution in [3.05, 3.63) is 22.5 Å².